The molecule has 1 aliphatic rings. The van der Waals surface area contributed by atoms with Crippen molar-refractivity contribution in [1.29, 1.82) is 0 Å². The second kappa shape index (κ2) is 29.4. The molecular weight excluding hydrogens is 677 g/mol. The van der Waals surface area contributed by atoms with Crippen molar-refractivity contribution >= 4 is 0 Å². The van der Waals surface area contributed by atoms with Gasteiger partial charge in [-0.05, 0) is 56.7 Å². The van der Waals surface area contributed by atoms with Gasteiger partial charge in [-0.2, -0.15) is 0 Å². The van der Waals surface area contributed by atoms with Gasteiger partial charge in [-0.3, -0.25) is 0 Å². The van der Waals surface area contributed by atoms with Crippen molar-refractivity contribution in [3.63, 3.8) is 0 Å². The van der Waals surface area contributed by atoms with Crippen molar-refractivity contribution in [3.05, 3.63) is 23.8 Å². The Bertz CT molecular complexity index is 807. The third-order valence-electron chi connectivity index (χ3n) is 10.4. The molecule has 0 heterocycles. The second-order valence-corrected chi connectivity index (χ2v) is 15.1. The summed E-state index contributed by atoms with van der Waals surface area (Å²) in [5.41, 5.74) is 1.38. The number of hydrogen-bond acceptors (Lipinski definition) is 2. The minimum absolute atomic E-state index is 0. The fourth-order valence-corrected chi connectivity index (χ4v) is 7.34. The van der Waals surface area contributed by atoms with E-state index in [2.05, 4.69) is 46.1 Å². The molecule has 270 valence electrons. The summed E-state index contributed by atoms with van der Waals surface area (Å²) in [5.74, 6) is 1.92. The first kappa shape index (κ1) is 43.5. The van der Waals surface area contributed by atoms with Crippen molar-refractivity contribution < 1.29 is 37.9 Å². The molecule has 4 heteroatoms. The Morgan fingerprint density at radius 3 is 1.30 bits per heavy atom. The first-order valence-electron chi connectivity index (χ1n) is 20.3. The van der Waals surface area contributed by atoms with Crippen LogP contribution in [0.1, 0.15) is 199 Å². The molecule has 0 bridgehead atoms. The quantitative estimate of drug-likeness (QED) is 0.0427. The first-order valence-corrected chi connectivity index (χ1v) is 20.3. The summed E-state index contributed by atoms with van der Waals surface area (Å²) in [6.07, 6.45) is 38.5. The third kappa shape index (κ3) is 21.5. The number of ether oxygens (including phenoxy) is 2. The van der Waals surface area contributed by atoms with Gasteiger partial charge in [-0.1, -0.05) is 155 Å². The van der Waals surface area contributed by atoms with Crippen LogP contribution in [-0.2, 0) is 6.54 Å². The molecule has 1 aliphatic carbocycles. The second-order valence-electron chi connectivity index (χ2n) is 15.1. The van der Waals surface area contributed by atoms with Gasteiger partial charge >= 0.3 is 0 Å². The maximum atomic E-state index is 6.44. The van der Waals surface area contributed by atoms with Gasteiger partial charge in [0.25, 0.3) is 0 Å². The van der Waals surface area contributed by atoms with E-state index in [0.29, 0.717) is 0 Å². The first-order chi connectivity index (χ1) is 22.1. The highest BCUT2D eigenvalue weighted by Crippen LogP contribution is 2.33. The maximum Gasteiger partial charge on any atom is 0.161 e. The highest BCUT2D eigenvalue weighted by molar-refractivity contribution is 5.43. The summed E-state index contributed by atoms with van der Waals surface area (Å²) in [7, 11) is 4.84. The minimum Gasteiger partial charge on any atom is -1.00 e. The molecule has 0 spiro atoms. The number of rotatable bonds is 31. The molecule has 1 aromatic carbocycles. The van der Waals surface area contributed by atoms with E-state index in [1.54, 1.807) is 0 Å². The molecule has 0 aromatic heterocycles. The Balaban J connectivity index is 0.0000106. The van der Waals surface area contributed by atoms with Gasteiger partial charge in [0.2, 0.25) is 0 Å². The third-order valence-corrected chi connectivity index (χ3v) is 10.4. The Labute approximate surface area is 305 Å². The van der Waals surface area contributed by atoms with Gasteiger partial charge in [-0.25, -0.2) is 0 Å². The Morgan fingerprint density at radius 2 is 0.891 bits per heavy atom. The predicted molar refractivity (Wildman–Crippen MR) is 198 cm³/mol. The van der Waals surface area contributed by atoms with Crippen LogP contribution in [0.2, 0.25) is 0 Å². The molecular formula is C42H78INO2. The average molecular weight is 756 g/mol. The highest BCUT2D eigenvalue weighted by atomic mass is 127. The van der Waals surface area contributed by atoms with Gasteiger partial charge in [0.05, 0.1) is 33.4 Å². The Hall–Kier alpha value is -0.490. The van der Waals surface area contributed by atoms with Gasteiger partial charge in [0.15, 0.2) is 11.5 Å². The SMILES string of the molecule is CCCCCCCCCCCCCCOc1ccc(C[N+](C)(C)C2CCCC2)cc1OCCCCCCCCCCCCCC.[I-]. The van der Waals surface area contributed by atoms with Crippen LogP contribution in [-0.4, -0.2) is 37.8 Å². The Morgan fingerprint density at radius 1 is 0.522 bits per heavy atom. The molecule has 0 amide bonds. The van der Waals surface area contributed by atoms with Gasteiger partial charge < -0.3 is 37.9 Å². The van der Waals surface area contributed by atoms with E-state index in [1.165, 1.54) is 173 Å². The van der Waals surface area contributed by atoms with Crippen LogP contribution in [0.4, 0.5) is 0 Å². The predicted octanol–water partition coefficient (Wildman–Crippen LogP) is 10.4. The average Bonchev–Trinajstić information content (AvgIpc) is 3.59. The molecule has 46 heavy (non-hydrogen) atoms. The lowest BCUT2D eigenvalue weighted by Crippen LogP contribution is -3.00. The van der Waals surface area contributed by atoms with Crippen LogP contribution in [0.5, 0.6) is 11.5 Å². The van der Waals surface area contributed by atoms with E-state index >= 15 is 0 Å². The standard InChI is InChI=1S/C42H78NO2.HI/c1-5-7-9-11-13-15-17-19-21-23-25-29-35-44-41-34-33-39(38-43(3,4)40-31-27-28-32-40)37-42(41)45-36-30-26-24-22-20-18-16-14-12-10-8-6-2;/h33-34,37,40H,5-32,35-36,38H2,1-4H3;1H/q+1;/p-1. The number of nitrogens with zero attached hydrogens (tertiary/aromatic N) is 1. The molecule has 0 aliphatic heterocycles. The molecule has 0 saturated heterocycles. The van der Waals surface area contributed by atoms with E-state index < -0.39 is 0 Å². The van der Waals surface area contributed by atoms with Crippen LogP contribution >= 0.6 is 0 Å². The largest absolute Gasteiger partial charge is 1.00 e. The molecule has 0 atom stereocenters. The topological polar surface area (TPSA) is 18.5 Å². The van der Waals surface area contributed by atoms with Crippen LogP contribution < -0.4 is 33.5 Å². The summed E-state index contributed by atoms with van der Waals surface area (Å²) in [6, 6.07) is 7.58. The normalized spacial score (nSPS) is 13.7. The molecule has 2 rings (SSSR count). The van der Waals surface area contributed by atoms with E-state index in [4.69, 9.17) is 9.47 Å². The molecule has 0 radical (unpaired) electrons. The van der Waals surface area contributed by atoms with E-state index in [1.807, 2.05) is 0 Å². The van der Waals surface area contributed by atoms with Crippen molar-refractivity contribution in [2.45, 2.75) is 206 Å². The van der Waals surface area contributed by atoms with Crippen LogP contribution in [0.15, 0.2) is 18.2 Å². The Kier molecular flexibility index (Phi) is 27.8. The minimum atomic E-state index is 0. The molecule has 0 unspecified atom stereocenters. The maximum absolute atomic E-state index is 6.44. The van der Waals surface area contributed by atoms with E-state index in [9.17, 15) is 0 Å². The lowest BCUT2D eigenvalue weighted by atomic mass is 10.1. The zero-order valence-corrected chi connectivity index (χ0v) is 33.5. The van der Waals surface area contributed by atoms with Crippen molar-refractivity contribution in [2.75, 3.05) is 27.3 Å². The number of halogens is 1. The smallest absolute Gasteiger partial charge is 0.161 e. The lowest BCUT2D eigenvalue weighted by Gasteiger charge is -2.36. The summed E-state index contributed by atoms with van der Waals surface area (Å²) in [4.78, 5) is 0. The molecule has 1 fully saturated rings. The number of unbranched alkanes of at least 4 members (excludes halogenated alkanes) is 22. The lowest BCUT2D eigenvalue weighted by molar-refractivity contribution is -0.927. The monoisotopic (exact) mass is 756 g/mol. The number of benzene rings is 1. The fraction of sp³-hybridized carbons (Fsp3) is 0.857. The van der Waals surface area contributed by atoms with Crippen LogP contribution in [0.3, 0.4) is 0 Å². The zero-order valence-electron chi connectivity index (χ0n) is 31.4. The summed E-state index contributed by atoms with van der Waals surface area (Å²) in [5, 5.41) is 0. The fourth-order valence-electron chi connectivity index (χ4n) is 7.34. The van der Waals surface area contributed by atoms with Gasteiger partial charge in [0.1, 0.15) is 6.54 Å². The van der Waals surface area contributed by atoms with Crippen molar-refractivity contribution in [2.24, 2.45) is 0 Å². The summed E-state index contributed by atoms with van der Waals surface area (Å²) in [6.45, 7) is 7.27. The highest BCUT2D eigenvalue weighted by Gasteiger charge is 2.31. The number of quaternary nitrogens is 1. The van der Waals surface area contributed by atoms with Gasteiger partial charge in [-0.15, -0.1) is 0 Å². The van der Waals surface area contributed by atoms with E-state index in [0.717, 1.165) is 54.6 Å². The zero-order chi connectivity index (χ0) is 32.3. The number of hydrogen-bond donors (Lipinski definition) is 0. The molecule has 1 saturated carbocycles. The summed E-state index contributed by atoms with van der Waals surface area (Å²) >= 11 is 0. The molecule has 0 N–H and O–H groups in total. The van der Waals surface area contributed by atoms with Crippen molar-refractivity contribution in [1.82, 2.24) is 0 Å². The molecule has 3 nitrogen and oxygen atoms in total. The van der Waals surface area contributed by atoms with Crippen LogP contribution in [0, 0.1) is 0 Å². The van der Waals surface area contributed by atoms with E-state index in [-0.39, 0.29) is 24.0 Å². The summed E-state index contributed by atoms with van der Waals surface area (Å²) < 4.78 is 13.9. The van der Waals surface area contributed by atoms with Crippen LogP contribution in [0.25, 0.3) is 0 Å². The molecule has 1 aromatic rings. The van der Waals surface area contributed by atoms with Gasteiger partial charge in [0, 0.05) is 5.56 Å². The van der Waals surface area contributed by atoms with Crippen molar-refractivity contribution in [3.8, 4) is 11.5 Å².